The molecular weight excluding hydrogens is 286 g/mol. The second-order valence-corrected chi connectivity index (χ2v) is 7.84. The molecule has 2 aliphatic rings. The van der Waals surface area contributed by atoms with E-state index in [-0.39, 0.29) is 5.54 Å². The third kappa shape index (κ3) is 2.58. The highest BCUT2D eigenvalue weighted by molar-refractivity contribution is 7.90. The third-order valence-corrected chi connectivity index (χ3v) is 5.86. The maximum atomic E-state index is 12.1. The monoisotopic (exact) mass is 307 g/mol. The summed E-state index contributed by atoms with van der Waals surface area (Å²) in [5, 5.41) is 0. The van der Waals surface area contributed by atoms with Crippen molar-refractivity contribution in [2.75, 3.05) is 6.54 Å². The van der Waals surface area contributed by atoms with Crippen LogP contribution in [0.2, 0.25) is 0 Å². The average molecular weight is 307 g/mol. The number of hydrogen-bond acceptors (Lipinski definition) is 4. The zero-order chi connectivity index (χ0) is 15.1. The lowest BCUT2D eigenvalue weighted by Gasteiger charge is -2.36. The Hall–Kier alpha value is -1.40. The minimum absolute atomic E-state index is 0.305. The lowest BCUT2D eigenvalue weighted by atomic mass is 9.77. The average Bonchev–Trinajstić information content (AvgIpc) is 2.71. The van der Waals surface area contributed by atoms with Crippen LogP contribution in [0.25, 0.3) is 0 Å². The van der Waals surface area contributed by atoms with Gasteiger partial charge in [-0.1, -0.05) is 31.9 Å². The summed E-state index contributed by atoms with van der Waals surface area (Å²) in [6.07, 6.45) is 4.11. The molecule has 5 nitrogen and oxygen atoms in total. The van der Waals surface area contributed by atoms with E-state index in [1.165, 1.54) is 6.42 Å². The summed E-state index contributed by atoms with van der Waals surface area (Å²) in [4.78, 5) is 5.08. The molecule has 3 rings (SSSR count). The van der Waals surface area contributed by atoms with Crippen LogP contribution in [0.1, 0.15) is 38.2 Å². The van der Waals surface area contributed by atoms with Crippen LogP contribution in [0.15, 0.2) is 34.2 Å². The smallest absolute Gasteiger partial charge is 0.263 e. The molecule has 0 bridgehead atoms. The van der Waals surface area contributed by atoms with Crippen LogP contribution in [-0.2, 0) is 10.0 Å². The molecule has 0 aromatic heterocycles. The first-order valence-corrected chi connectivity index (χ1v) is 8.86. The predicted octanol–water partition coefficient (Wildman–Crippen LogP) is 1.63. The van der Waals surface area contributed by atoms with E-state index in [4.69, 9.17) is 10.7 Å². The fourth-order valence-electron chi connectivity index (χ4n) is 3.42. The van der Waals surface area contributed by atoms with Gasteiger partial charge in [-0.15, -0.1) is 0 Å². The lowest BCUT2D eigenvalue weighted by Crippen LogP contribution is -2.42. The number of sulfonamides is 1. The van der Waals surface area contributed by atoms with Crippen LogP contribution in [0, 0.1) is 5.92 Å². The minimum Gasteiger partial charge on any atom is -0.328 e. The fraction of sp³-hybridized carbons (Fsp3) is 0.533. The van der Waals surface area contributed by atoms with Gasteiger partial charge < -0.3 is 5.73 Å². The van der Waals surface area contributed by atoms with Crippen molar-refractivity contribution in [2.24, 2.45) is 16.6 Å². The molecule has 1 aliphatic carbocycles. The molecule has 1 aromatic carbocycles. The molecule has 1 heterocycles. The topological polar surface area (TPSA) is 84.5 Å². The van der Waals surface area contributed by atoms with Gasteiger partial charge in [-0.05, 0) is 30.9 Å². The Balaban J connectivity index is 2.04. The molecule has 1 aliphatic heterocycles. The third-order valence-electron chi connectivity index (χ3n) is 4.46. The van der Waals surface area contributed by atoms with Crippen LogP contribution >= 0.6 is 0 Å². The Bertz CT molecular complexity index is 684. The zero-order valence-corrected chi connectivity index (χ0v) is 13.0. The quantitative estimate of drug-likeness (QED) is 0.871. The highest BCUT2D eigenvalue weighted by Gasteiger charge is 2.37. The van der Waals surface area contributed by atoms with E-state index in [1.807, 2.05) is 6.07 Å². The molecule has 1 saturated carbocycles. The first-order chi connectivity index (χ1) is 9.96. The van der Waals surface area contributed by atoms with Crippen molar-refractivity contribution in [2.45, 2.75) is 43.0 Å². The first kappa shape index (κ1) is 14.5. The van der Waals surface area contributed by atoms with Crippen LogP contribution in [0.3, 0.4) is 0 Å². The first-order valence-electron chi connectivity index (χ1n) is 7.38. The number of amidine groups is 1. The Labute approximate surface area is 125 Å². The molecule has 0 spiro atoms. The predicted molar refractivity (Wildman–Crippen MR) is 82.7 cm³/mol. The second-order valence-electron chi connectivity index (χ2n) is 6.19. The molecule has 1 fully saturated rings. The summed E-state index contributed by atoms with van der Waals surface area (Å²) in [6, 6.07) is 6.96. The maximum Gasteiger partial charge on any atom is 0.263 e. The van der Waals surface area contributed by atoms with E-state index in [9.17, 15) is 8.42 Å². The Morgan fingerprint density at radius 2 is 2.19 bits per heavy atom. The highest BCUT2D eigenvalue weighted by atomic mass is 32.2. The Morgan fingerprint density at radius 3 is 2.90 bits per heavy atom. The van der Waals surface area contributed by atoms with Crippen molar-refractivity contribution in [3.8, 4) is 0 Å². The molecule has 0 radical (unpaired) electrons. The molecule has 2 unspecified atom stereocenters. The van der Waals surface area contributed by atoms with E-state index in [0.29, 0.717) is 28.8 Å². The number of fused-ring (bicyclic) bond motifs is 1. The molecular formula is C15H21N3O2S. The van der Waals surface area contributed by atoms with E-state index in [1.54, 1.807) is 18.2 Å². The summed E-state index contributed by atoms with van der Waals surface area (Å²) in [7, 11) is -3.48. The summed E-state index contributed by atoms with van der Waals surface area (Å²) in [5.41, 5.74) is 6.30. The summed E-state index contributed by atoms with van der Waals surface area (Å²) in [5.74, 6) is 1.02. The molecule has 6 heteroatoms. The van der Waals surface area contributed by atoms with Gasteiger partial charge >= 0.3 is 0 Å². The largest absolute Gasteiger partial charge is 0.328 e. The van der Waals surface area contributed by atoms with Gasteiger partial charge in [-0.3, -0.25) is 9.71 Å². The summed E-state index contributed by atoms with van der Waals surface area (Å²) in [6.45, 7) is 2.65. The van der Waals surface area contributed by atoms with Gasteiger partial charge in [0.05, 0.1) is 10.4 Å². The molecule has 114 valence electrons. The van der Waals surface area contributed by atoms with Crippen LogP contribution in [-0.4, -0.2) is 26.3 Å². The van der Waals surface area contributed by atoms with Crippen LogP contribution in [0.4, 0.5) is 0 Å². The van der Waals surface area contributed by atoms with Gasteiger partial charge in [-0.25, -0.2) is 8.42 Å². The lowest BCUT2D eigenvalue weighted by molar-refractivity contribution is 0.245. The Morgan fingerprint density at radius 1 is 1.43 bits per heavy atom. The highest BCUT2D eigenvalue weighted by Crippen LogP contribution is 2.36. The number of nitrogens with two attached hydrogens (primary N) is 1. The second kappa shape index (κ2) is 5.10. The fourth-order valence-corrected chi connectivity index (χ4v) is 4.65. The van der Waals surface area contributed by atoms with Crippen molar-refractivity contribution in [1.82, 2.24) is 4.72 Å². The number of nitrogens with one attached hydrogen (secondary N) is 1. The van der Waals surface area contributed by atoms with Crippen molar-refractivity contribution in [3.05, 3.63) is 29.8 Å². The number of benzene rings is 1. The van der Waals surface area contributed by atoms with Crippen molar-refractivity contribution >= 4 is 15.9 Å². The normalized spacial score (nSPS) is 32.7. The standard InChI is InChI=1S/C15H21N3O2S/c1-11-5-4-8-15(9-11,10-16)17-14-12-6-2-3-7-13(12)21(19,20)18-14/h2-3,6-7,11H,4-5,8-10,16H2,1H3,(H,17,18). The van der Waals surface area contributed by atoms with E-state index < -0.39 is 10.0 Å². The van der Waals surface area contributed by atoms with Gasteiger partial charge in [0.15, 0.2) is 0 Å². The van der Waals surface area contributed by atoms with Crippen molar-refractivity contribution < 1.29 is 8.42 Å². The van der Waals surface area contributed by atoms with E-state index in [0.717, 1.165) is 19.3 Å². The van der Waals surface area contributed by atoms with Crippen molar-refractivity contribution in [3.63, 3.8) is 0 Å². The van der Waals surface area contributed by atoms with E-state index in [2.05, 4.69) is 11.6 Å². The molecule has 0 saturated heterocycles. The number of rotatable bonds is 2. The van der Waals surface area contributed by atoms with Crippen molar-refractivity contribution in [1.29, 1.82) is 0 Å². The maximum absolute atomic E-state index is 12.1. The molecule has 21 heavy (non-hydrogen) atoms. The molecule has 0 amide bonds. The molecule has 3 N–H and O–H groups in total. The number of hydrogen-bond donors (Lipinski definition) is 2. The molecule has 1 aromatic rings. The molecule has 2 atom stereocenters. The van der Waals surface area contributed by atoms with Gasteiger partial charge in [-0.2, -0.15) is 0 Å². The van der Waals surface area contributed by atoms with E-state index >= 15 is 0 Å². The van der Waals surface area contributed by atoms with Gasteiger partial charge in [0.2, 0.25) is 0 Å². The van der Waals surface area contributed by atoms with Gasteiger partial charge in [0, 0.05) is 12.1 Å². The summed E-state index contributed by atoms with van der Waals surface area (Å²) < 4.78 is 26.9. The zero-order valence-electron chi connectivity index (χ0n) is 12.2. The summed E-state index contributed by atoms with van der Waals surface area (Å²) >= 11 is 0. The Kier molecular flexibility index (Phi) is 3.53. The number of nitrogens with zero attached hydrogens (tertiary/aromatic N) is 1. The SMILES string of the molecule is CC1CCCC(CN)(N=C2NS(=O)(=O)c3ccccc32)C1. The van der Waals surface area contributed by atoms with Crippen LogP contribution in [0.5, 0.6) is 0 Å². The number of aliphatic imine (C=N–C) groups is 1. The van der Waals surface area contributed by atoms with Crippen LogP contribution < -0.4 is 10.5 Å². The van der Waals surface area contributed by atoms with Gasteiger partial charge in [0.25, 0.3) is 10.0 Å². The van der Waals surface area contributed by atoms with Gasteiger partial charge in [0.1, 0.15) is 5.84 Å². The minimum atomic E-state index is -3.48.